The first-order chi connectivity index (χ1) is 6.72. The van der Waals surface area contributed by atoms with Crippen LogP contribution in [0, 0.1) is 0 Å². The van der Waals surface area contributed by atoms with Crippen molar-refractivity contribution in [1.29, 1.82) is 0 Å². The molecule has 0 saturated heterocycles. The van der Waals surface area contributed by atoms with E-state index < -0.39 is 0 Å². The van der Waals surface area contributed by atoms with E-state index in [9.17, 15) is 4.79 Å². The molecule has 2 unspecified atom stereocenters. The monoisotopic (exact) mass is 196 g/mol. The number of carbonyl (C=O) groups is 1. The van der Waals surface area contributed by atoms with Crippen molar-refractivity contribution in [3.8, 4) is 0 Å². The first-order valence-electron chi connectivity index (χ1n) is 5.34. The SMILES string of the molecule is CNC(=O)CC(C)NC1CC=CCC1. The highest BCUT2D eigenvalue weighted by Crippen LogP contribution is 2.11. The minimum absolute atomic E-state index is 0.108. The summed E-state index contributed by atoms with van der Waals surface area (Å²) in [6.07, 6.45) is 8.45. The predicted octanol–water partition coefficient (Wildman–Crippen LogP) is 1.21. The Hall–Kier alpha value is -0.830. The highest BCUT2D eigenvalue weighted by atomic mass is 16.1. The van der Waals surface area contributed by atoms with Gasteiger partial charge in [-0.15, -0.1) is 0 Å². The normalized spacial score (nSPS) is 23.1. The number of allylic oxidation sites excluding steroid dienone is 1. The van der Waals surface area contributed by atoms with E-state index >= 15 is 0 Å². The van der Waals surface area contributed by atoms with Gasteiger partial charge in [0, 0.05) is 25.6 Å². The molecule has 14 heavy (non-hydrogen) atoms. The zero-order valence-corrected chi connectivity index (χ0v) is 9.05. The summed E-state index contributed by atoms with van der Waals surface area (Å²) in [6, 6.07) is 0.825. The Kier molecular flexibility index (Phi) is 4.66. The molecule has 2 N–H and O–H groups in total. The van der Waals surface area contributed by atoms with E-state index in [1.807, 2.05) is 0 Å². The number of hydrogen-bond acceptors (Lipinski definition) is 2. The van der Waals surface area contributed by atoms with Crippen molar-refractivity contribution in [2.45, 2.75) is 44.7 Å². The van der Waals surface area contributed by atoms with E-state index in [1.165, 1.54) is 6.42 Å². The lowest BCUT2D eigenvalue weighted by molar-refractivity contribution is -0.121. The van der Waals surface area contributed by atoms with Gasteiger partial charge >= 0.3 is 0 Å². The zero-order valence-electron chi connectivity index (χ0n) is 9.05. The Balaban J connectivity index is 2.22. The van der Waals surface area contributed by atoms with Gasteiger partial charge in [-0.3, -0.25) is 4.79 Å². The number of nitrogens with one attached hydrogen (secondary N) is 2. The molecule has 3 nitrogen and oxygen atoms in total. The van der Waals surface area contributed by atoms with Crippen LogP contribution in [0.5, 0.6) is 0 Å². The Morgan fingerprint density at radius 2 is 2.36 bits per heavy atom. The number of carbonyl (C=O) groups excluding carboxylic acids is 1. The second-order valence-electron chi connectivity index (χ2n) is 3.93. The van der Waals surface area contributed by atoms with E-state index in [2.05, 4.69) is 29.7 Å². The molecule has 0 bridgehead atoms. The van der Waals surface area contributed by atoms with E-state index in [-0.39, 0.29) is 11.9 Å². The first-order valence-corrected chi connectivity index (χ1v) is 5.34. The molecule has 0 heterocycles. The highest BCUT2D eigenvalue weighted by Gasteiger charge is 2.14. The standard InChI is InChI=1S/C11H20N2O/c1-9(8-11(14)12-2)13-10-6-4-3-5-7-10/h3-4,9-10,13H,5-8H2,1-2H3,(H,12,14). The second-order valence-corrected chi connectivity index (χ2v) is 3.93. The molecular formula is C11H20N2O. The van der Waals surface area contributed by atoms with Gasteiger partial charge in [-0.25, -0.2) is 0 Å². The molecule has 0 aliphatic heterocycles. The largest absolute Gasteiger partial charge is 0.359 e. The van der Waals surface area contributed by atoms with Crippen molar-refractivity contribution < 1.29 is 4.79 Å². The van der Waals surface area contributed by atoms with Crippen LogP contribution in [0.4, 0.5) is 0 Å². The van der Waals surface area contributed by atoms with Crippen molar-refractivity contribution in [2.24, 2.45) is 0 Å². The average Bonchev–Trinajstić information content (AvgIpc) is 2.19. The third-order valence-electron chi connectivity index (χ3n) is 2.56. The summed E-state index contributed by atoms with van der Waals surface area (Å²) in [5, 5.41) is 6.11. The molecule has 1 aliphatic carbocycles. The number of amides is 1. The molecule has 0 aromatic heterocycles. The molecule has 0 aromatic carbocycles. The summed E-state index contributed by atoms with van der Waals surface area (Å²) in [5.41, 5.74) is 0. The van der Waals surface area contributed by atoms with Gasteiger partial charge in [0.2, 0.25) is 5.91 Å². The third kappa shape index (κ3) is 3.92. The van der Waals surface area contributed by atoms with Gasteiger partial charge in [-0.1, -0.05) is 12.2 Å². The Labute approximate surface area is 86.0 Å². The van der Waals surface area contributed by atoms with Gasteiger partial charge in [0.1, 0.15) is 0 Å². The topological polar surface area (TPSA) is 41.1 Å². The van der Waals surface area contributed by atoms with E-state index in [0.717, 1.165) is 12.8 Å². The second kappa shape index (κ2) is 5.81. The summed E-state index contributed by atoms with van der Waals surface area (Å²) < 4.78 is 0. The molecule has 1 amide bonds. The fourth-order valence-electron chi connectivity index (χ4n) is 1.79. The van der Waals surface area contributed by atoms with Gasteiger partial charge in [0.05, 0.1) is 0 Å². The lowest BCUT2D eigenvalue weighted by Crippen LogP contribution is -2.39. The van der Waals surface area contributed by atoms with Crippen LogP contribution in [-0.2, 0) is 4.79 Å². The van der Waals surface area contributed by atoms with Crippen molar-refractivity contribution in [3.05, 3.63) is 12.2 Å². The molecular weight excluding hydrogens is 176 g/mol. The summed E-state index contributed by atoms with van der Waals surface area (Å²) in [7, 11) is 1.68. The van der Waals surface area contributed by atoms with Gasteiger partial charge in [0.15, 0.2) is 0 Å². The van der Waals surface area contributed by atoms with Crippen LogP contribution in [0.25, 0.3) is 0 Å². The Morgan fingerprint density at radius 1 is 1.57 bits per heavy atom. The smallest absolute Gasteiger partial charge is 0.221 e. The maximum atomic E-state index is 11.1. The molecule has 0 aromatic rings. The maximum absolute atomic E-state index is 11.1. The van der Waals surface area contributed by atoms with Crippen molar-refractivity contribution in [3.63, 3.8) is 0 Å². The predicted molar refractivity (Wildman–Crippen MR) is 58.1 cm³/mol. The van der Waals surface area contributed by atoms with Crippen LogP contribution >= 0.6 is 0 Å². The fourth-order valence-corrected chi connectivity index (χ4v) is 1.79. The number of hydrogen-bond donors (Lipinski definition) is 2. The summed E-state index contributed by atoms with van der Waals surface area (Å²) in [5.74, 6) is 0.108. The summed E-state index contributed by atoms with van der Waals surface area (Å²) in [4.78, 5) is 11.1. The third-order valence-corrected chi connectivity index (χ3v) is 2.56. The van der Waals surface area contributed by atoms with Gasteiger partial charge in [-0.2, -0.15) is 0 Å². The number of rotatable bonds is 4. The van der Waals surface area contributed by atoms with Gasteiger partial charge < -0.3 is 10.6 Å². The molecule has 2 atom stereocenters. The van der Waals surface area contributed by atoms with E-state index in [0.29, 0.717) is 12.5 Å². The molecule has 0 radical (unpaired) electrons. The molecule has 0 fully saturated rings. The Morgan fingerprint density at radius 3 is 2.93 bits per heavy atom. The highest BCUT2D eigenvalue weighted by molar-refractivity contribution is 5.76. The zero-order chi connectivity index (χ0) is 10.4. The van der Waals surface area contributed by atoms with E-state index in [4.69, 9.17) is 0 Å². The minimum Gasteiger partial charge on any atom is -0.359 e. The first kappa shape index (κ1) is 11.2. The lowest BCUT2D eigenvalue weighted by Gasteiger charge is -2.23. The summed E-state index contributed by atoms with van der Waals surface area (Å²) >= 11 is 0. The van der Waals surface area contributed by atoms with Crippen LogP contribution in [0.2, 0.25) is 0 Å². The van der Waals surface area contributed by atoms with Gasteiger partial charge in [-0.05, 0) is 26.2 Å². The van der Waals surface area contributed by atoms with Crippen LogP contribution < -0.4 is 10.6 Å². The lowest BCUT2D eigenvalue weighted by atomic mass is 10.0. The van der Waals surface area contributed by atoms with Crippen molar-refractivity contribution in [1.82, 2.24) is 10.6 Å². The maximum Gasteiger partial charge on any atom is 0.221 e. The van der Waals surface area contributed by atoms with E-state index in [1.54, 1.807) is 7.05 Å². The van der Waals surface area contributed by atoms with Crippen LogP contribution in [0.15, 0.2) is 12.2 Å². The fraction of sp³-hybridized carbons (Fsp3) is 0.727. The quantitative estimate of drug-likeness (QED) is 0.664. The molecule has 0 saturated carbocycles. The molecule has 1 aliphatic rings. The van der Waals surface area contributed by atoms with Crippen LogP contribution in [0.3, 0.4) is 0 Å². The van der Waals surface area contributed by atoms with Crippen molar-refractivity contribution in [2.75, 3.05) is 7.05 Å². The molecule has 80 valence electrons. The van der Waals surface area contributed by atoms with Gasteiger partial charge in [0.25, 0.3) is 0 Å². The van der Waals surface area contributed by atoms with Crippen LogP contribution in [0.1, 0.15) is 32.6 Å². The van der Waals surface area contributed by atoms with Crippen LogP contribution in [-0.4, -0.2) is 25.0 Å². The Bertz CT molecular complexity index is 213. The molecule has 1 rings (SSSR count). The summed E-state index contributed by atoms with van der Waals surface area (Å²) in [6.45, 7) is 2.06. The van der Waals surface area contributed by atoms with Crippen molar-refractivity contribution >= 4 is 5.91 Å². The molecule has 3 heteroatoms. The molecule has 0 spiro atoms. The average molecular weight is 196 g/mol. The minimum atomic E-state index is 0.108.